The summed E-state index contributed by atoms with van der Waals surface area (Å²) in [6, 6.07) is 46.5. The fraction of sp³-hybridized carbons (Fsp3) is 0.278. The van der Waals surface area contributed by atoms with Gasteiger partial charge in [-0.3, -0.25) is 15.0 Å². The molecule has 2 atom stereocenters. The predicted molar refractivity (Wildman–Crippen MR) is 362 cm³/mol. The molecule has 1 N–H and O–H groups in total. The Kier molecular flexibility index (Phi) is 16.0. The molecule has 0 radical (unpaired) electrons. The third-order valence-electron chi connectivity index (χ3n) is 17.9. The van der Waals surface area contributed by atoms with Crippen molar-refractivity contribution in [2.24, 2.45) is 4.40 Å². The van der Waals surface area contributed by atoms with E-state index in [4.69, 9.17) is 4.37 Å². The van der Waals surface area contributed by atoms with Crippen molar-refractivity contribution in [2.45, 2.75) is 128 Å². The number of unbranched alkanes of at least 4 members (excludes halogenated alkanes) is 10. The normalized spacial score (nSPS) is 17.4. The monoisotopic (exact) mass is 1210 g/mol. The van der Waals surface area contributed by atoms with Crippen LogP contribution in [-0.4, -0.2) is 32.7 Å². The number of allylic oxidation sites excluding steroid dienone is 4. The molecule has 5 aromatic heterocycles. The fourth-order valence-corrected chi connectivity index (χ4v) is 20.2. The van der Waals surface area contributed by atoms with E-state index in [2.05, 4.69) is 165 Å². The molecule has 0 saturated heterocycles. The van der Waals surface area contributed by atoms with E-state index in [0.29, 0.717) is 16.7 Å². The number of thiol groups is 1. The zero-order valence-electron chi connectivity index (χ0n) is 47.9. The van der Waals surface area contributed by atoms with Crippen LogP contribution in [0, 0.1) is 19.3 Å². The lowest BCUT2D eigenvalue weighted by Gasteiger charge is -2.34. The van der Waals surface area contributed by atoms with Crippen molar-refractivity contribution in [3.05, 3.63) is 216 Å². The second-order valence-electron chi connectivity index (χ2n) is 23.1. The Labute approximate surface area is 518 Å². The minimum Gasteiger partial charge on any atom is -0.298 e. The van der Waals surface area contributed by atoms with Crippen LogP contribution in [0.5, 0.6) is 0 Å². The van der Waals surface area contributed by atoms with E-state index in [0.717, 1.165) is 63.5 Å². The number of benzene rings is 5. The highest BCUT2D eigenvalue weighted by Gasteiger charge is 2.55. The van der Waals surface area contributed by atoms with Gasteiger partial charge in [-0.15, -0.1) is 45.3 Å². The second-order valence-corrected chi connectivity index (χ2v) is 27.9. The number of nitrogens with zero attached hydrogens (tertiary/aromatic N) is 3. The summed E-state index contributed by atoms with van der Waals surface area (Å²) in [5.74, 6) is 0. The van der Waals surface area contributed by atoms with Crippen LogP contribution in [0.25, 0.3) is 56.0 Å². The smallest absolute Gasteiger partial charge is 0.152 e. The van der Waals surface area contributed by atoms with Crippen LogP contribution in [0.1, 0.15) is 173 Å². The number of aromatic nitrogens is 2. The van der Waals surface area contributed by atoms with Gasteiger partial charge in [0.2, 0.25) is 0 Å². The Hall–Kier alpha value is -6.51. The molecule has 0 aliphatic heterocycles. The van der Waals surface area contributed by atoms with Crippen molar-refractivity contribution in [2.75, 3.05) is 0 Å². The van der Waals surface area contributed by atoms with Crippen molar-refractivity contribution in [1.82, 2.24) is 8.75 Å². The van der Waals surface area contributed by atoms with Crippen molar-refractivity contribution < 1.29 is 9.59 Å². The van der Waals surface area contributed by atoms with Gasteiger partial charge in [0.1, 0.15) is 16.7 Å². The molecule has 0 saturated carbocycles. The first kappa shape index (κ1) is 56.6. The molecule has 12 heteroatoms. The number of carbonyl (C=O) groups excluding carboxylic acids is 2. The topological polar surface area (TPSA) is 96.1 Å². The van der Waals surface area contributed by atoms with Gasteiger partial charge in [-0.25, -0.2) is 4.40 Å². The maximum absolute atomic E-state index is 12.4. The van der Waals surface area contributed by atoms with Gasteiger partial charge in [0.15, 0.2) is 12.6 Å². The fourth-order valence-electron chi connectivity index (χ4n) is 13.5. The molecular formula is C72H66N4O2S6. The van der Waals surface area contributed by atoms with Crippen LogP contribution in [0.3, 0.4) is 0 Å². The van der Waals surface area contributed by atoms with Gasteiger partial charge < -0.3 is 0 Å². The Bertz CT molecular complexity index is 4260. The SMILES string of the molecule is CCCCCCCCc1ccc(C2(c3ccc(C)cc3)c3cc(C4=CC=C(C=O)C(=NS)C4=N)sc3-c3sc4c5c(sc4c32)-c2sc(-c3ccc(C=O)c4nsnc34)cc2C5(c2ccc(C)cc2)c2ccc(CCCCCCCC)cc2)cc1. The highest BCUT2D eigenvalue weighted by atomic mass is 32.1. The van der Waals surface area contributed by atoms with Gasteiger partial charge in [0.25, 0.3) is 0 Å². The molecule has 5 heterocycles. The molecule has 3 aliphatic rings. The summed E-state index contributed by atoms with van der Waals surface area (Å²) in [5.41, 5.74) is 18.2. The molecule has 3 aliphatic carbocycles. The predicted octanol–water partition coefficient (Wildman–Crippen LogP) is 20.5. The third-order valence-corrected chi connectivity index (χ3v) is 23.8. The van der Waals surface area contributed by atoms with Gasteiger partial charge in [-0.05, 0) is 121 Å². The van der Waals surface area contributed by atoms with Crippen LogP contribution in [-0.2, 0) is 28.5 Å². The van der Waals surface area contributed by atoms with Gasteiger partial charge in [-0.1, -0.05) is 198 Å². The Morgan fingerprint density at radius 2 is 0.988 bits per heavy atom. The third kappa shape index (κ3) is 9.36. The van der Waals surface area contributed by atoms with Gasteiger partial charge in [0.05, 0.1) is 57.2 Å². The summed E-state index contributed by atoms with van der Waals surface area (Å²) in [6.45, 7) is 8.91. The summed E-state index contributed by atoms with van der Waals surface area (Å²) >= 11 is 12.9. The minimum absolute atomic E-state index is 0.192. The molecule has 0 bridgehead atoms. The number of aryl methyl sites for hydroxylation is 4. The Balaban J connectivity index is 1.07. The lowest BCUT2D eigenvalue weighted by Crippen LogP contribution is -2.29. The maximum Gasteiger partial charge on any atom is 0.152 e. The molecule has 422 valence electrons. The number of nitrogens with one attached hydrogen (secondary N) is 1. The average molecular weight is 1210 g/mol. The summed E-state index contributed by atoms with van der Waals surface area (Å²) < 4.78 is 16.3. The van der Waals surface area contributed by atoms with Crippen molar-refractivity contribution in [1.29, 1.82) is 5.41 Å². The largest absolute Gasteiger partial charge is 0.298 e. The molecule has 13 rings (SSSR count). The summed E-state index contributed by atoms with van der Waals surface area (Å²) in [4.78, 5) is 31.7. The minimum atomic E-state index is -0.734. The van der Waals surface area contributed by atoms with Crippen LogP contribution in [0.15, 0.2) is 143 Å². The zero-order chi connectivity index (χ0) is 57.7. The van der Waals surface area contributed by atoms with Crippen LogP contribution in [0.4, 0.5) is 0 Å². The number of fused-ring (bicyclic) bond motifs is 10. The van der Waals surface area contributed by atoms with Gasteiger partial charge in [0, 0.05) is 43.2 Å². The van der Waals surface area contributed by atoms with Crippen molar-refractivity contribution in [3.8, 4) is 29.9 Å². The Morgan fingerprint density at radius 3 is 1.48 bits per heavy atom. The van der Waals surface area contributed by atoms with Crippen LogP contribution in [0.2, 0.25) is 0 Å². The lowest BCUT2D eigenvalue weighted by molar-refractivity contribution is -0.104. The molecule has 0 amide bonds. The number of hydrogen-bond donors (Lipinski definition) is 2. The summed E-state index contributed by atoms with van der Waals surface area (Å²) in [6.07, 6.45) is 22.5. The first-order valence-corrected chi connectivity index (χ1v) is 34.2. The number of carbonyl (C=O) groups is 2. The van der Waals surface area contributed by atoms with Crippen molar-refractivity contribution in [3.63, 3.8) is 0 Å². The standard InChI is InChI=1S/C72H66N4O2S6/c1-5-7-9-11-13-15-17-45-23-33-51(34-24-45)71(49-29-19-43(3)20-30-49)55-39-57(53-37-27-47(41-77)62(74-79)61(53)73)80-65(55)67-59(71)69-70(82-67)60-68(83-69)66-56(40-58(81-66)54-38-28-48(42-78)63-64(54)76-84-75-63)72(60,50-31-21-44(4)22-32-50)52-35-25-46(26-36-52)18-16-14-12-10-8-6-2/h19-42,73,79H,5-18H2,1-4H3. The van der Waals surface area contributed by atoms with Gasteiger partial charge >= 0.3 is 0 Å². The van der Waals surface area contributed by atoms with E-state index >= 15 is 0 Å². The summed E-state index contributed by atoms with van der Waals surface area (Å²) in [5, 5.41) is 9.51. The molecule has 84 heavy (non-hydrogen) atoms. The van der Waals surface area contributed by atoms with E-state index in [1.165, 1.54) is 173 Å². The molecule has 0 fully saturated rings. The molecular weight excluding hydrogens is 1150 g/mol. The number of thiophene rings is 4. The maximum atomic E-state index is 12.4. The zero-order valence-corrected chi connectivity index (χ0v) is 52.9. The van der Waals surface area contributed by atoms with E-state index < -0.39 is 10.8 Å². The first-order valence-electron chi connectivity index (χ1n) is 29.8. The molecule has 10 aromatic rings. The van der Waals surface area contributed by atoms with Crippen LogP contribution >= 0.6 is 69.9 Å². The van der Waals surface area contributed by atoms with E-state index in [1.54, 1.807) is 17.4 Å². The number of hydrogen-bond acceptors (Lipinski definition) is 12. The van der Waals surface area contributed by atoms with E-state index in [1.807, 2.05) is 46.2 Å². The highest BCUT2D eigenvalue weighted by molar-refractivity contribution is 7.79. The molecule has 0 spiro atoms. The van der Waals surface area contributed by atoms with Crippen molar-refractivity contribution >= 4 is 120 Å². The second kappa shape index (κ2) is 23.7. The first-order chi connectivity index (χ1) is 41.2. The number of aldehydes is 2. The van der Waals surface area contributed by atoms with E-state index in [9.17, 15) is 15.0 Å². The number of rotatable bonds is 22. The van der Waals surface area contributed by atoms with E-state index in [-0.39, 0.29) is 11.4 Å². The molecule has 2 unspecified atom stereocenters. The average Bonchev–Trinajstić information content (AvgIpc) is 1.53. The van der Waals surface area contributed by atoms with Gasteiger partial charge in [-0.2, -0.15) is 8.75 Å². The lowest BCUT2D eigenvalue weighted by atomic mass is 9.67. The molecule has 6 nitrogen and oxygen atoms in total. The quantitative estimate of drug-likeness (QED) is 0.0306. The van der Waals surface area contributed by atoms with Crippen LogP contribution < -0.4 is 0 Å². The molecule has 5 aromatic carbocycles. The Morgan fingerprint density at radius 1 is 0.524 bits per heavy atom. The summed E-state index contributed by atoms with van der Waals surface area (Å²) in [7, 11) is 0. The highest BCUT2D eigenvalue weighted by Crippen LogP contribution is 2.70.